The first-order valence-corrected chi connectivity index (χ1v) is 12.9. The molecule has 2 atom stereocenters. The molecule has 0 spiro atoms. The molecule has 0 amide bonds. The van der Waals surface area contributed by atoms with Crippen LogP contribution in [0.4, 0.5) is 5.95 Å². The van der Waals surface area contributed by atoms with Gasteiger partial charge in [-0.25, -0.2) is 4.98 Å². The van der Waals surface area contributed by atoms with Crippen molar-refractivity contribution < 1.29 is 18.6 Å². The summed E-state index contributed by atoms with van der Waals surface area (Å²) < 4.78 is 29.6. The lowest BCUT2D eigenvalue weighted by Crippen LogP contribution is -2.59. The molecule has 33 heavy (non-hydrogen) atoms. The Labute approximate surface area is 192 Å². The first-order chi connectivity index (χ1) is 15.6. The number of hydrogen-bond acceptors (Lipinski definition) is 8. The Hall–Kier alpha value is -2.12. The van der Waals surface area contributed by atoms with Crippen molar-refractivity contribution in [2.75, 3.05) is 31.5 Å². The highest BCUT2D eigenvalue weighted by molar-refractivity contribution is 7.86. The second-order valence-electron chi connectivity index (χ2n) is 9.58. The largest absolute Gasteiger partial charge is 0.390 e. The molecule has 2 saturated heterocycles. The number of hydrogen-bond donors (Lipinski definition) is 3. The average Bonchev–Trinajstić information content (AvgIpc) is 3.10. The molecule has 0 unspecified atom stereocenters. The van der Waals surface area contributed by atoms with E-state index >= 15 is 0 Å². The molecule has 2 aromatic heterocycles. The van der Waals surface area contributed by atoms with Gasteiger partial charge in [0, 0.05) is 49.9 Å². The Morgan fingerprint density at radius 1 is 1.15 bits per heavy atom. The zero-order valence-corrected chi connectivity index (χ0v) is 19.4. The maximum absolute atomic E-state index is 12.7. The zero-order valence-electron chi connectivity index (χ0n) is 18.6. The number of aromatic nitrogens is 3. The van der Waals surface area contributed by atoms with Crippen molar-refractivity contribution >= 4 is 27.2 Å². The Morgan fingerprint density at radius 3 is 2.52 bits per heavy atom. The summed E-state index contributed by atoms with van der Waals surface area (Å²) in [5.74, 6) is 0.381. The van der Waals surface area contributed by atoms with Gasteiger partial charge in [-0.1, -0.05) is 0 Å². The van der Waals surface area contributed by atoms with Crippen LogP contribution in [0, 0.1) is 0 Å². The number of nitrogens with zero attached hydrogens (tertiary/aromatic N) is 5. The molecule has 180 valence electrons. The number of nitrogens with one attached hydrogen (secondary N) is 1. The molecule has 3 aliphatic rings. The summed E-state index contributed by atoms with van der Waals surface area (Å²) in [5, 5.41) is 24.2. The fourth-order valence-electron chi connectivity index (χ4n) is 5.13. The van der Waals surface area contributed by atoms with E-state index in [1.165, 1.54) is 14.7 Å². The topological polar surface area (TPSA) is 141 Å². The third-order valence-corrected chi connectivity index (χ3v) is 9.09. The van der Waals surface area contributed by atoms with E-state index in [-0.39, 0.29) is 30.7 Å². The summed E-state index contributed by atoms with van der Waals surface area (Å²) in [6.45, 7) is 2.81. The lowest BCUT2D eigenvalue weighted by Gasteiger charge is -2.40. The fraction of sp³-hybridized carbons (Fsp3) is 0.667. The van der Waals surface area contributed by atoms with E-state index in [4.69, 9.17) is 0 Å². The van der Waals surface area contributed by atoms with E-state index in [0.29, 0.717) is 50.4 Å². The van der Waals surface area contributed by atoms with Crippen molar-refractivity contribution in [3.63, 3.8) is 0 Å². The molecule has 1 saturated carbocycles. The lowest BCUT2D eigenvalue weighted by atomic mass is 10.00. The minimum Gasteiger partial charge on any atom is -0.390 e. The molecular weight excluding hydrogens is 448 g/mol. The standard InChI is InChI=1S/C21H30N6O5S/c1-21(30)8-2-3-17(21)27-18(29)5-4-14-11-22-20(24-19(14)27)23-15-6-9-25(10-7-15)33(31,32)26-12-16(28)13-26/h4-5,11,15-17,28,30H,2-3,6-10,12-13H2,1H3,(H,22,23,24)/t17-,21-/m1/s1. The lowest BCUT2D eigenvalue weighted by molar-refractivity contribution is 0.0267. The maximum Gasteiger partial charge on any atom is 0.282 e. The van der Waals surface area contributed by atoms with Crippen LogP contribution in [0.2, 0.25) is 0 Å². The van der Waals surface area contributed by atoms with Crippen molar-refractivity contribution in [2.45, 2.75) is 62.8 Å². The van der Waals surface area contributed by atoms with Crippen molar-refractivity contribution in [1.29, 1.82) is 0 Å². The molecule has 11 nitrogen and oxygen atoms in total. The normalized spacial score (nSPS) is 28.3. The molecule has 0 radical (unpaired) electrons. The van der Waals surface area contributed by atoms with Gasteiger partial charge in [0.2, 0.25) is 5.95 Å². The van der Waals surface area contributed by atoms with Gasteiger partial charge in [-0.15, -0.1) is 0 Å². The third kappa shape index (κ3) is 4.14. The summed E-state index contributed by atoms with van der Waals surface area (Å²) in [4.78, 5) is 21.8. The van der Waals surface area contributed by atoms with Crippen molar-refractivity contribution in [3.8, 4) is 0 Å². The Morgan fingerprint density at radius 2 is 1.88 bits per heavy atom. The van der Waals surface area contributed by atoms with E-state index in [9.17, 15) is 23.4 Å². The number of anilines is 1. The highest BCUT2D eigenvalue weighted by atomic mass is 32.2. The molecule has 1 aliphatic carbocycles. The second-order valence-corrected chi connectivity index (χ2v) is 11.5. The monoisotopic (exact) mass is 478 g/mol. The molecule has 3 N–H and O–H groups in total. The highest BCUT2D eigenvalue weighted by Crippen LogP contribution is 2.39. The van der Waals surface area contributed by atoms with E-state index in [2.05, 4.69) is 15.3 Å². The molecule has 3 fully saturated rings. The molecule has 12 heteroatoms. The number of piperidine rings is 1. The molecular formula is C21H30N6O5S. The van der Waals surface area contributed by atoms with Crippen LogP contribution in [0.5, 0.6) is 0 Å². The minimum atomic E-state index is -3.53. The maximum atomic E-state index is 12.7. The van der Waals surface area contributed by atoms with E-state index in [1.54, 1.807) is 23.8 Å². The highest BCUT2D eigenvalue weighted by Gasteiger charge is 2.40. The van der Waals surface area contributed by atoms with Gasteiger partial charge in [-0.05, 0) is 45.1 Å². The number of rotatable bonds is 5. The summed E-state index contributed by atoms with van der Waals surface area (Å²) in [7, 11) is -3.53. The van der Waals surface area contributed by atoms with Crippen molar-refractivity contribution in [1.82, 2.24) is 23.1 Å². The van der Waals surface area contributed by atoms with Crippen molar-refractivity contribution in [3.05, 3.63) is 28.7 Å². The fourth-order valence-corrected chi connectivity index (χ4v) is 6.85. The third-order valence-electron chi connectivity index (χ3n) is 7.13. The first kappa shape index (κ1) is 22.7. The van der Waals surface area contributed by atoms with Crippen LogP contribution in [-0.2, 0) is 10.2 Å². The Bertz CT molecular complexity index is 1200. The van der Waals surface area contributed by atoms with Gasteiger partial charge >= 0.3 is 0 Å². The Balaban J connectivity index is 1.32. The Kier molecular flexibility index (Phi) is 5.68. The molecule has 2 aliphatic heterocycles. The predicted molar refractivity (Wildman–Crippen MR) is 122 cm³/mol. The first-order valence-electron chi connectivity index (χ1n) is 11.5. The van der Waals surface area contributed by atoms with Crippen LogP contribution in [0.3, 0.4) is 0 Å². The van der Waals surface area contributed by atoms with Gasteiger partial charge in [0.05, 0.1) is 17.7 Å². The number of pyridine rings is 1. The van der Waals surface area contributed by atoms with E-state index in [0.717, 1.165) is 11.8 Å². The van der Waals surface area contributed by atoms with Gasteiger partial charge in [-0.3, -0.25) is 9.36 Å². The molecule has 5 rings (SSSR count). The smallest absolute Gasteiger partial charge is 0.282 e. The summed E-state index contributed by atoms with van der Waals surface area (Å²) >= 11 is 0. The molecule has 2 aromatic rings. The van der Waals surface area contributed by atoms with Crippen LogP contribution < -0.4 is 10.9 Å². The zero-order chi connectivity index (χ0) is 23.4. The van der Waals surface area contributed by atoms with Crippen LogP contribution in [0.1, 0.15) is 45.1 Å². The number of fused-ring (bicyclic) bond motifs is 1. The van der Waals surface area contributed by atoms with Crippen LogP contribution in [0.25, 0.3) is 11.0 Å². The van der Waals surface area contributed by atoms with Gasteiger partial charge in [0.25, 0.3) is 15.8 Å². The SMILES string of the molecule is C[C@@]1(O)CCC[C@H]1n1c(=O)ccc2cnc(NC3CCN(S(=O)(=O)N4CC(O)C4)CC3)nc21. The summed E-state index contributed by atoms with van der Waals surface area (Å²) in [6.07, 6.45) is 4.46. The quantitative estimate of drug-likeness (QED) is 0.548. The molecule has 0 aromatic carbocycles. The minimum absolute atomic E-state index is 0.00523. The van der Waals surface area contributed by atoms with E-state index < -0.39 is 21.9 Å². The predicted octanol–water partition coefficient (Wildman–Crippen LogP) is 0.0651. The van der Waals surface area contributed by atoms with Crippen LogP contribution in [-0.4, -0.2) is 85.7 Å². The average molecular weight is 479 g/mol. The van der Waals surface area contributed by atoms with Gasteiger partial charge in [0.15, 0.2) is 0 Å². The van der Waals surface area contributed by atoms with Crippen LogP contribution >= 0.6 is 0 Å². The number of aliphatic hydroxyl groups excluding tert-OH is 1. The summed E-state index contributed by atoms with van der Waals surface area (Å²) in [6, 6.07) is 2.83. The molecule has 0 bridgehead atoms. The van der Waals surface area contributed by atoms with Gasteiger partial charge < -0.3 is 15.5 Å². The number of β-amino-alcohol motifs (C(OH)–C–C–N with tert-alkyl or cyclic N) is 1. The molecule has 4 heterocycles. The second kappa shape index (κ2) is 8.27. The van der Waals surface area contributed by atoms with E-state index in [1.807, 2.05) is 0 Å². The number of aliphatic hydroxyl groups is 2. The van der Waals surface area contributed by atoms with Gasteiger partial charge in [0.1, 0.15) is 5.65 Å². The summed E-state index contributed by atoms with van der Waals surface area (Å²) in [5.41, 5.74) is -0.681. The van der Waals surface area contributed by atoms with Crippen molar-refractivity contribution in [2.24, 2.45) is 0 Å². The van der Waals surface area contributed by atoms with Crippen LogP contribution in [0.15, 0.2) is 23.1 Å². The van der Waals surface area contributed by atoms with Gasteiger partial charge in [-0.2, -0.15) is 22.0 Å².